The van der Waals surface area contributed by atoms with Crippen molar-refractivity contribution >= 4 is 10.0 Å². The van der Waals surface area contributed by atoms with E-state index in [2.05, 4.69) is 9.62 Å². The Morgan fingerprint density at radius 3 is 2.55 bits per heavy atom. The molecule has 1 N–H and O–H groups in total. The predicted molar refractivity (Wildman–Crippen MR) is 82.9 cm³/mol. The molecule has 0 amide bonds. The molecular formula is C15H22N2O4S. The van der Waals surface area contributed by atoms with Crippen LogP contribution in [0.25, 0.3) is 0 Å². The molecule has 1 aromatic rings. The lowest BCUT2D eigenvalue weighted by molar-refractivity contribution is 0.297. The van der Waals surface area contributed by atoms with E-state index >= 15 is 0 Å². The van der Waals surface area contributed by atoms with Gasteiger partial charge in [0, 0.05) is 25.6 Å². The van der Waals surface area contributed by atoms with E-state index < -0.39 is 10.0 Å². The van der Waals surface area contributed by atoms with Gasteiger partial charge in [0.2, 0.25) is 10.0 Å². The quantitative estimate of drug-likeness (QED) is 0.881. The summed E-state index contributed by atoms with van der Waals surface area (Å²) in [6.07, 6.45) is 3.20. The third kappa shape index (κ3) is 3.71. The van der Waals surface area contributed by atoms with Gasteiger partial charge >= 0.3 is 0 Å². The van der Waals surface area contributed by atoms with Crippen molar-refractivity contribution in [2.45, 2.75) is 24.2 Å². The van der Waals surface area contributed by atoms with E-state index in [0.717, 1.165) is 26.1 Å². The highest BCUT2D eigenvalue weighted by molar-refractivity contribution is 7.89. The molecule has 2 aliphatic rings. The van der Waals surface area contributed by atoms with Gasteiger partial charge in [0.25, 0.3) is 0 Å². The Morgan fingerprint density at radius 2 is 1.77 bits per heavy atom. The number of fused-ring (bicyclic) bond motifs is 1. The minimum absolute atomic E-state index is 0.221. The molecule has 6 nitrogen and oxygen atoms in total. The second-order valence-corrected chi connectivity index (χ2v) is 7.37. The Morgan fingerprint density at radius 1 is 1.05 bits per heavy atom. The number of ether oxygens (including phenoxy) is 2. The van der Waals surface area contributed by atoms with Crippen molar-refractivity contribution in [3.05, 3.63) is 18.2 Å². The third-order valence-corrected chi connectivity index (χ3v) is 5.41. The van der Waals surface area contributed by atoms with E-state index in [0.29, 0.717) is 31.3 Å². The van der Waals surface area contributed by atoms with E-state index in [1.54, 1.807) is 18.2 Å². The Kier molecular flexibility index (Phi) is 4.85. The zero-order valence-corrected chi connectivity index (χ0v) is 13.4. The van der Waals surface area contributed by atoms with Gasteiger partial charge in [-0.15, -0.1) is 0 Å². The molecule has 0 bridgehead atoms. The molecule has 22 heavy (non-hydrogen) atoms. The van der Waals surface area contributed by atoms with E-state index in [-0.39, 0.29) is 4.90 Å². The molecule has 2 aliphatic heterocycles. The first-order chi connectivity index (χ1) is 10.6. The zero-order valence-electron chi connectivity index (χ0n) is 12.6. The van der Waals surface area contributed by atoms with Crippen molar-refractivity contribution in [3.63, 3.8) is 0 Å². The molecule has 0 saturated carbocycles. The van der Waals surface area contributed by atoms with E-state index in [1.165, 1.54) is 12.8 Å². The number of likely N-dealkylation sites (tertiary alicyclic amines) is 1. The van der Waals surface area contributed by atoms with Gasteiger partial charge in [0.15, 0.2) is 11.5 Å². The molecular weight excluding hydrogens is 304 g/mol. The number of rotatable bonds is 5. The molecule has 122 valence electrons. The summed E-state index contributed by atoms with van der Waals surface area (Å²) in [4.78, 5) is 2.49. The minimum Gasteiger partial charge on any atom is -0.490 e. The molecule has 7 heteroatoms. The summed E-state index contributed by atoms with van der Waals surface area (Å²) in [5.41, 5.74) is 0. The van der Waals surface area contributed by atoms with Gasteiger partial charge in [-0.05, 0) is 38.1 Å². The third-order valence-electron chi connectivity index (χ3n) is 3.95. The zero-order chi connectivity index (χ0) is 15.4. The van der Waals surface area contributed by atoms with Crippen LogP contribution in [0.1, 0.15) is 19.3 Å². The molecule has 1 fully saturated rings. The van der Waals surface area contributed by atoms with Gasteiger partial charge in [-0.1, -0.05) is 0 Å². The summed E-state index contributed by atoms with van der Waals surface area (Å²) in [6.45, 7) is 4.43. The smallest absolute Gasteiger partial charge is 0.240 e. The fraction of sp³-hybridized carbons (Fsp3) is 0.600. The van der Waals surface area contributed by atoms with Gasteiger partial charge in [0.05, 0.1) is 18.1 Å². The average molecular weight is 326 g/mol. The molecule has 1 aromatic carbocycles. The van der Waals surface area contributed by atoms with E-state index in [4.69, 9.17) is 9.47 Å². The summed E-state index contributed by atoms with van der Waals surface area (Å²) in [5.74, 6) is 1.11. The van der Waals surface area contributed by atoms with Gasteiger partial charge in [-0.2, -0.15) is 0 Å². The van der Waals surface area contributed by atoms with Crippen LogP contribution in [0.5, 0.6) is 11.5 Å². The summed E-state index contributed by atoms with van der Waals surface area (Å²) in [5, 5.41) is 0. The van der Waals surface area contributed by atoms with Crippen LogP contribution in [-0.4, -0.2) is 52.7 Å². The lowest BCUT2D eigenvalue weighted by Crippen LogP contribution is -2.33. The van der Waals surface area contributed by atoms with Crippen LogP contribution in [0, 0.1) is 0 Å². The SMILES string of the molecule is O=S(=O)(NCCN1CCCC1)c1ccc2c(c1)OCCCO2. The van der Waals surface area contributed by atoms with Crippen LogP contribution in [0.4, 0.5) is 0 Å². The predicted octanol–water partition coefficient (Wildman–Crippen LogP) is 1.22. The van der Waals surface area contributed by atoms with Crippen molar-refractivity contribution in [1.29, 1.82) is 0 Å². The fourth-order valence-electron chi connectivity index (χ4n) is 2.74. The Labute approximate surface area is 131 Å². The number of hydrogen-bond acceptors (Lipinski definition) is 5. The molecule has 2 heterocycles. The van der Waals surface area contributed by atoms with E-state index in [9.17, 15) is 8.42 Å². The van der Waals surface area contributed by atoms with Crippen LogP contribution in [-0.2, 0) is 10.0 Å². The van der Waals surface area contributed by atoms with Crippen molar-refractivity contribution in [1.82, 2.24) is 9.62 Å². The average Bonchev–Trinajstić information content (AvgIpc) is 2.90. The summed E-state index contributed by atoms with van der Waals surface area (Å²) in [6, 6.07) is 4.76. The summed E-state index contributed by atoms with van der Waals surface area (Å²) in [7, 11) is -3.51. The molecule has 0 atom stereocenters. The van der Waals surface area contributed by atoms with Crippen LogP contribution in [0.2, 0.25) is 0 Å². The number of nitrogens with one attached hydrogen (secondary N) is 1. The second kappa shape index (κ2) is 6.85. The lowest BCUT2D eigenvalue weighted by atomic mass is 10.3. The van der Waals surface area contributed by atoms with Gasteiger partial charge in [-0.3, -0.25) is 0 Å². The van der Waals surface area contributed by atoms with Crippen molar-refractivity contribution in [2.75, 3.05) is 39.4 Å². The first-order valence-corrected chi connectivity index (χ1v) is 9.25. The first-order valence-electron chi connectivity index (χ1n) is 7.77. The maximum absolute atomic E-state index is 12.4. The molecule has 3 rings (SSSR count). The minimum atomic E-state index is -3.51. The molecule has 0 aliphatic carbocycles. The molecule has 0 radical (unpaired) electrons. The van der Waals surface area contributed by atoms with Crippen LogP contribution in [0.15, 0.2) is 23.1 Å². The Hall–Kier alpha value is -1.31. The lowest BCUT2D eigenvalue weighted by Gasteiger charge is -2.15. The summed E-state index contributed by atoms with van der Waals surface area (Å²) >= 11 is 0. The first kappa shape index (κ1) is 15.6. The molecule has 0 unspecified atom stereocenters. The van der Waals surface area contributed by atoms with Crippen molar-refractivity contribution in [2.24, 2.45) is 0 Å². The maximum atomic E-state index is 12.4. The van der Waals surface area contributed by atoms with Crippen LogP contribution < -0.4 is 14.2 Å². The Bertz CT molecular complexity index is 612. The second-order valence-electron chi connectivity index (χ2n) is 5.61. The normalized spacial score (nSPS) is 19.1. The molecule has 0 spiro atoms. The summed E-state index contributed by atoms with van der Waals surface area (Å²) < 4.78 is 38.4. The highest BCUT2D eigenvalue weighted by atomic mass is 32.2. The van der Waals surface area contributed by atoms with Gasteiger partial charge < -0.3 is 14.4 Å². The van der Waals surface area contributed by atoms with Crippen LogP contribution >= 0.6 is 0 Å². The number of nitrogens with zero attached hydrogens (tertiary/aromatic N) is 1. The number of hydrogen-bond donors (Lipinski definition) is 1. The standard InChI is InChI=1S/C15H22N2O4S/c18-22(19,16-6-9-17-7-1-2-8-17)13-4-5-14-15(12-13)21-11-3-10-20-14/h4-5,12,16H,1-3,6-11H2. The number of benzene rings is 1. The Balaban J connectivity index is 1.64. The topological polar surface area (TPSA) is 67.9 Å². The largest absolute Gasteiger partial charge is 0.490 e. The van der Waals surface area contributed by atoms with Gasteiger partial charge in [0.1, 0.15) is 0 Å². The van der Waals surface area contributed by atoms with Crippen molar-refractivity contribution < 1.29 is 17.9 Å². The molecule has 0 aromatic heterocycles. The fourth-order valence-corrected chi connectivity index (χ4v) is 3.77. The number of sulfonamides is 1. The van der Waals surface area contributed by atoms with Crippen LogP contribution in [0.3, 0.4) is 0 Å². The maximum Gasteiger partial charge on any atom is 0.240 e. The van der Waals surface area contributed by atoms with Gasteiger partial charge in [-0.25, -0.2) is 13.1 Å². The highest BCUT2D eigenvalue weighted by Crippen LogP contribution is 2.31. The monoisotopic (exact) mass is 326 g/mol. The van der Waals surface area contributed by atoms with E-state index in [1.807, 2.05) is 0 Å². The van der Waals surface area contributed by atoms with Crippen molar-refractivity contribution in [3.8, 4) is 11.5 Å². The molecule has 1 saturated heterocycles. The highest BCUT2D eigenvalue weighted by Gasteiger charge is 2.19.